The average Bonchev–Trinajstić information content (AvgIpc) is 2.21. The summed E-state index contributed by atoms with van der Waals surface area (Å²) < 4.78 is 54.0. The minimum Gasteiger partial charge on any atom is -0.374 e. The Morgan fingerprint density at radius 1 is 1.19 bits per heavy atom. The van der Waals surface area contributed by atoms with Crippen molar-refractivity contribution in [3.05, 3.63) is 35.4 Å². The monoisotopic (exact) mass is 237 g/mol. The molecule has 0 heterocycles. The molecule has 0 bridgehead atoms. The van der Waals surface area contributed by atoms with Crippen molar-refractivity contribution in [3.8, 4) is 0 Å². The van der Waals surface area contributed by atoms with E-state index in [0.29, 0.717) is 0 Å². The molecule has 2 nitrogen and oxygen atoms in total. The van der Waals surface area contributed by atoms with E-state index in [2.05, 4.69) is 4.74 Å². The number of benzene rings is 1. The lowest BCUT2D eigenvalue weighted by atomic mass is 10.1. The molecule has 0 saturated carbocycles. The SMILES string of the molecule is NC(COCC(F)F)c1cccc(F)c1F. The third kappa shape index (κ3) is 3.46. The molecule has 16 heavy (non-hydrogen) atoms. The molecule has 1 rings (SSSR count). The Hall–Kier alpha value is -1.14. The first-order valence-corrected chi connectivity index (χ1v) is 4.57. The summed E-state index contributed by atoms with van der Waals surface area (Å²) in [7, 11) is 0. The molecule has 0 amide bonds. The molecule has 0 fully saturated rings. The van der Waals surface area contributed by atoms with Crippen molar-refractivity contribution >= 4 is 0 Å². The molecule has 6 heteroatoms. The predicted molar refractivity (Wildman–Crippen MR) is 50.1 cm³/mol. The van der Waals surface area contributed by atoms with E-state index < -0.39 is 30.7 Å². The largest absolute Gasteiger partial charge is 0.374 e. The highest BCUT2D eigenvalue weighted by atomic mass is 19.3. The summed E-state index contributed by atoms with van der Waals surface area (Å²) >= 11 is 0. The van der Waals surface area contributed by atoms with Crippen molar-refractivity contribution in [2.75, 3.05) is 13.2 Å². The van der Waals surface area contributed by atoms with Gasteiger partial charge in [0.05, 0.1) is 12.6 Å². The van der Waals surface area contributed by atoms with Crippen molar-refractivity contribution in [1.29, 1.82) is 0 Å². The maximum atomic E-state index is 13.2. The van der Waals surface area contributed by atoms with E-state index in [1.54, 1.807) is 0 Å². The minimum atomic E-state index is -2.61. The topological polar surface area (TPSA) is 35.2 Å². The Morgan fingerprint density at radius 2 is 1.88 bits per heavy atom. The molecule has 0 saturated heterocycles. The maximum Gasteiger partial charge on any atom is 0.261 e. The Labute approximate surface area is 90.0 Å². The number of hydrogen-bond acceptors (Lipinski definition) is 2. The fraction of sp³-hybridized carbons (Fsp3) is 0.400. The van der Waals surface area contributed by atoms with Gasteiger partial charge in [0.25, 0.3) is 6.43 Å². The van der Waals surface area contributed by atoms with Crippen molar-refractivity contribution < 1.29 is 22.3 Å². The lowest BCUT2D eigenvalue weighted by Crippen LogP contribution is -2.20. The third-order valence-electron chi connectivity index (χ3n) is 1.92. The highest BCUT2D eigenvalue weighted by Gasteiger charge is 2.15. The summed E-state index contributed by atoms with van der Waals surface area (Å²) in [4.78, 5) is 0. The summed E-state index contributed by atoms with van der Waals surface area (Å²) in [5.41, 5.74) is 5.39. The van der Waals surface area contributed by atoms with Crippen LogP contribution >= 0.6 is 0 Å². The molecule has 1 aromatic rings. The van der Waals surface area contributed by atoms with E-state index in [9.17, 15) is 17.6 Å². The second kappa shape index (κ2) is 5.81. The van der Waals surface area contributed by atoms with Crippen LogP contribution in [0.3, 0.4) is 0 Å². The Bertz CT molecular complexity index is 346. The number of rotatable bonds is 5. The van der Waals surface area contributed by atoms with Crippen molar-refractivity contribution in [1.82, 2.24) is 0 Å². The van der Waals surface area contributed by atoms with Crippen LogP contribution in [0.15, 0.2) is 18.2 Å². The molecule has 0 spiro atoms. The predicted octanol–water partition coefficient (Wildman–Crippen LogP) is 2.25. The van der Waals surface area contributed by atoms with Crippen molar-refractivity contribution in [2.24, 2.45) is 5.73 Å². The van der Waals surface area contributed by atoms with Gasteiger partial charge >= 0.3 is 0 Å². The Morgan fingerprint density at radius 3 is 2.50 bits per heavy atom. The van der Waals surface area contributed by atoms with Crippen LogP contribution in [0.25, 0.3) is 0 Å². The van der Waals surface area contributed by atoms with Gasteiger partial charge < -0.3 is 10.5 Å². The summed E-state index contributed by atoms with van der Waals surface area (Å²) in [6.45, 7) is -1.06. The molecule has 0 aromatic heterocycles. The molecule has 0 radical (unpaired) electrons. The molecular weight excluding hydrogens is 226 g/mol. The smallest absolute Gasteiger partial charge is 0.261 e. The van der Waals surface area contributed by atoms with Crippen LogP contribution in [0.1, 0.15) is 11.6 Å². The quantitative estimate of drug-likeness (QED) is 0.797. The van der Waals surface area contributed by atoms with Crippen molar-refractivity contribution in [2.45, 2.75) is 12.5 Å². The standard InChI is InChI=1S/C10H11F4NO/c11-7-3-1-2-6(10(7)14)8(15)4-16-5-9(12)13/h1-3,8-9H,4-5,15H2. The zero-order chi connectivity index (χ0) is 12.1. The number of alkyl halides is 2. The fourth-order valence-electron chi connectivity index (χ4n) is 1.18. The minimum absolute atomic E-state index is 0.0886. The van der Waals surface area contributed by atoms with Crippen LogP contribution in [0.4, 0.5) is 17.6 Å². The van der Waals surface area contributed by atoms with E-state index in [1.165, 1.54) is 12.1 Å². The van der Waals surface area contributed by atoms with Crippen LogP contribution < -0.4 is 5.73 Å². The van der Waals surface area contributed by atoms with Gasteiger partial charge in [-0.05, 0) is 6.07 Å². The fourth-order valence-corrected chi connectivity index (χ4v) is 1.18. The zero-order valence-corrected chi connectivity index (χ0v) is 8.30. The van der Waals surface area contributed by atoms with Gasteiger partial charge in [-0.2, -0.15) is 0 Å². The van der Waals surface area contributed by atoms with Gasteiger partial charge in [-0.3, -0.25) is 0 Å². The molecule has 2 N–H and O–H groups in total. The maximum absolute atomic E-state index is 13.2. The van der Waals surface area contributed by atoms with E-state index in [1.807, 2.05) is 0 Å². The van der Waals surface area contributed by atoms with Gasteiger partial charge in [-0.1, -0.05) is 12.1 Å². The first-order chi connectivity index (χ1) is 7.52. The normalized spacial score (nSPS) is 13.1. The summed E-state index contributed by atoms with van der Waals surface area (Å²) in [6, 6.07) is 2.57. The molecule has 90 valence electrons. The summed E-state index contributed by atoms with van der Waals surface area (Å²) in [6.07, 6.45) is -2.61. The number of ether oxygens (including phenoxy) is 1. The lowest BCUT2D eigenvalue weighted by Gasteiger charge is -2.13. The van der Waals surface area contributed by atoms with E-state index in [0.717, 1.165) is 6.07 Å². The molecule has 0 aliphatic carbocycles. The Kier molecular flexibility index (Phi) is 4.70. The van der Waals surface area contributed by atoms with E-state index in [-0.39, 0.29) is 12.2 Å². The zero-order valence-electron chi connectivity index (χ0n) is 8.30. The second-order valence-corrected chi connectivity index (χ2v) is 3.18. The molecule has 1 atom stereocenters. The van der Waals surface area contributed by atoms with Crippen LogP contribution in [0, 0.1) is 11.6 Å². The number of nitrogens with two attached hydrogens (primary N) is 1. The average molecular weight is 237 g/mol. The number of halogens is 4. The van der Waals surface area contributed by atoms with Crippen molar-refractivity contribution in [3.63, 3.8) is 0 Å². The molecule has 0 aliphatic heterocycles. The lowest BCUT2D eigenvalue weighted by molar-refractivity contribution is 0.0122. The van der Waals surface area contributed by atoms with Gasteiger partial charge in [-0.15, -0.1) is 0 Å². The van der Waals surface area contributed by atoms with Gasteiger partial charge in [0.2, 0.25) is 0 Å². The van der Waals surface area contributed by atoms with Gasteiger partial charge in [-0.25, -0.2) is 17.6 Å². The molecular formula is C10H11F4NO. The van der Waals surface area contributed by atoms with E-state index in [4.69, 9.17) is 5.73 Å². The van der Waals surface area contributed by atoms with Crippen LogP contribution in [-0.2, 0) is 4.74 Å². The second-order valence-electron chi connectivity index (χ2n) is 3.18. The van der Waals surface area contributed by atoms with Crippen LogP contribution in [0.5, 0.6) is 0 Å². The van der Waals surface area contributed by atoms with E-state index >= 15 is 0 Å². The highest BCUT2D eigenvalue weighted by molar-refractivity contribution is 5.22. The van der Waals surface area contributed by atoms with Gasteiger partial charge in [0.15, 0.2) is 11.6 Å². The molecule has 1 unspecified atom stereocenters. The third-order valence-corrected chi connectivity index (χ3v) is 1.92. The first kappa shape index (κ1) is 12.9. The van der Waals surface area contributed by atoms with Crippen LogP contribution in [0.2, 0.25) is 0 Å². The summed E-state index contributed by atoms with van der Waals surface area (Å²) in [5.74, 6) is -2.10. The van der Waals surface area contributed by atoms with Gasteiger partial charge in [0.1, 0.15) is 6.61 Å². The first-order valence-electron chi connectivity index (χ1n) is 4.57. The molecule has 0 aliphatic rings. The molecule has 1 aromatic carbocycles. The number of hydrogen-bond donors (Lipinski definition) is 1. The summed E-state index contributed by atoms with van der Waals surface area (Å²) in [5, 5.41) is 0. The van der Waals surface area contributed by atoms with Crippen LogP contribution in [-0.4, -0.2) is 19.6 Å². The Balaban J connectivity index is 2.59. The highest BCUT2D eigenvalue weighted by Crippen LogP contribution is 2.17. The van der Waals surface area contributed by atoms with Gasteiger partial charge in [0, 0.05) is 5.56 Å².